The van der Waals surface area contributed by atoms with Gasteiger partial charge in [0, 0.05) is 27.9 Å². The fraction of sp³-hybridized carbons (Fsp3) is 0.158. The van der Waals surface area contributed by atoms with Gasteiger partial charge in [0.2, 0.25) is 0 Å². The first kappa shape index (κ1) is 18.8. The van der Waals surface area contributed by atoms with Crippen molar-refractivity contribution in [3.63, 3.8) is 0 Å². The van der Waals surface area contributed by atoms with Gasteiger partial charge < -0.3 is 4.74 Å². The molecule has 0 amide bonds. The molecule has 1 heterocycles. The predicted molar refractivity (Wildman–Crippen MR) is 108 cm³/mol. The highest BCUT2D eigenvalue weighted by Gasteiger charge is 2.15. The number of rotatable bonds is 7. The highest BCUT2D eigenvalue weighted by atomic mass is 35.5. The van der Waals surface area contributed by atoms with Gasteiger partial charge >= 0.3 is 0 Å². The molecule has 0 spiro atoms. The SMILES string of the molecule is C=CCn1c(SCc2c(Cl)cccc2Cl)nnc1-c1ccc(OC)cc1. The van der Waals surface area contributed by atoms with Crippen LogP contribution < -0.4 is 4.74 Å². The molecule has 4 nitrogen and oxygen atoms in total. The summed E-state index contributed by atoms with van der Waals surface area (Å²) in [6, 6.07) is 13.2. The van der Waals surface area contributed by atoms with Crippen LogP contribution in [0.4, 0.5) is 0 Å². The molecule has 0 aliphatic carbocycles. The standard InChI is InChI=1S/C19H17Cl2N3OS/c1-3-11-24-18(13-7-9-14(25-2)10-8-13)22-23-19(24)26-12-15-16(20)5-4-6-17(15)21/h3-10H,1,11-12H2,2H3. The van der Waals surface area contributed by atoms with E-state index in [9.17, 15) is 0 Å². The first-order valence-electron chi connectivity index (χ1n) is 7.88. The van der Waals surface area contributed by atoms with E-state index in [2.05, 4.69) is 16.8 Å². The third-order valence-corrected chi connectivity index (χ3v) is 5.49. The first-order chi connectivity index (χ1) is 12.6. The van der Waals surface area contributed by atoms with Gasteiger partial charge in [-0.05, 0) is 42.0 Å². The average molecular weight is 406 g/mol. The average Bonchev–Trinajstić information content (AvgIpc) is 3.04. The normalized spacial score (nSPS) is 10.7. The van der Waals surface area contributed by atoms with Gasteiger partial charge in [-0.3, -0.25) is 4.57 Å². The minimum absolute atomic E-state index is 0.604. The zero-order chi connectivity index (χ0) is 18.5. The van der Waals surface area contributed by atoms with Crippen molar-refractivity contribution in [1.29, 1.82) is 0 Å². The number of ether oxygens (including phenoxy) is 1. The summed E-state index contributed by atoms with van der Waals surface area (Å²) in [7, 11) is 1.64. The summed E-state index contributed by atoms with van der Waals surface area (Å²) in [5, 5.41) is 10.8. The van der Waals surface area contributed by atoms with Crippen LogP contribution in [0.2, 0.25) is 10.0 Å². The lowest BCUT2D eigenvalue weighted by molar-refractivity contribution is 0.415. The summed E-state index contributed by atoms with van der Waals surface area (Å²) < 4.78 is 7.23. The van der Waals surface area contributed by atoms with E-state index in [0.29, 0.717) is 22.3 Å². The number of halogens is 2. The largest absolute Gasteiger partial charge is 0.497 e. The Hall–Kier alpha value is -1.95. The Morgan fingerprint density at radius 1 is 1.12 bits per heavy atom. The number of aromatic nitrogens is 3. The van der Waals surface area contributed by atoms with Gasteiger partial charge in [0.25, 0.3) is 0 Å². The second kappa shape index (κ2) is 8.62. The van der Waals surface area contributed by atoms with Crippen molar-refractivity contribution in [2.45, 2.75) is 17.5 Å². The fourth-order valence-electron chi connectivity index (χ4n) is 2.45. The summed E-state index contributed by atoms with van der Waals surface area (Å²) >= 11 is 14.1. The van der Waals surface area contributed by atoms with E-state index in [1.165, 1.54) is 11.8 Å². The van der Waals surface area contributed by atoms with Gasteiger partial charge in [-0.1, -0.05) is 47.1 Å². The molecule has 0 unspecified atom stereocenters. The minimum atomic E-state index is 0.604. The van der Waals surface area contributed by atoms with Crippen molar-refractivity contribution >= 4 is 35.0 Å². The molecule has 3 aromatic rings. The Labute approximate surface area is 166 Å². The molecular weight excluding hydrogens is 389 g/mol. The van der Waals surface area contributed by atoms with Crippen LogP contribution in [-0.4, -0.2) is 21.9 Å². The number of methoxy groups -OCH3 is 1. The van der Waals surface area contributed by atoms with Crippen molar-refractivity contribution in [1.82, 2.24) is 14.8 Å². The number of allylic oxidation sites excluding steroid dienone is 1. The lowest BCUT2D eigenvalue weighted by Crippen LogP contribution is -2.01. The van der Waals surface area contributed by atoms with Gasteiger partial charge in [0.1, 0.15) is 5.75 Å². The lowest BCUT2D eigenvalue weighted by Gasteiger charge is -2.09. The van der Waals surface area contributed by atoms with E-state index >= 15 is 0 Å². The van der Waals surface area contributed by atoms with Crippen molar-refractivity contribution in [3.05, 3.63) is 70.7 Å². The predicted octanol–water partition coefficient (Wildman–Crippen LogP) is 5.74. The van der Waals surface area contributed by atoms with Gasteiger partial charge in [-0.25, -0.2) is 0 Å². The maximum absolute atomic E-state index is 6.26. The highest BCUT2D eigenvalue weighted by molar-refractivity contribution is 7.98. The van der Waals surface area contributed by atoms with Crippen LogP contribution in [0, 0.1) is 0 Å². The second-order valence-electron chi connectivity index (χ2n) is 5.42. The molecule has 26 heavy (non-hydrogen) atoms. The lowest BCUT2D eigenvalue weighted by atomic mass is 10.2. The quantitative estimate of drug-likeness (QED) is 0.371. The van der Waals surface area contributed by atoms with Gasteiger partial charge in [-0.2, -0.15) is 0 Å². The first-order valence-corrected chi connectivity index (χ1v) is 9.62. The van der Waals surface area contributed by atoms with Crippen molar-refractivity contribution < 1.29 is 4.74 Å². The van der Waals surface area contributed by atoms with Crippen molar-refractivity contribution in [2.75, 3.05) is 7.11 Å². The molecule has 0 atom stereocenters. The molecule has 0 N–H and O–H groups in total. The van der Waals surface area contributed by atoms with Crippen LogP contribution in [-0.2, 0) is 12.3 Å². The summed E-state index contributed by atoms with van der Waals surface area (Å²) in [5.74, 6) is 2.18. The number of nitrogens with zero attached hydrogens (tertiary/aromatic N) is 3. The van der Waals surface area contributed by atoms with Crippen LogP contribution in [0.5, 0.6) is 5.75 Å². The Kier molecular flexibility index (Phi) is 6.25. The second-order valence-corrected chi connectivity index (χ2v) is 7.18. The Bertz CT molecular complexity index is 889. The van der Waals surface area contributed by atoms with Gasteiger partial charge in [-0.15, -0.1) is 16.8 Å². The van der Waals surface area contributed by atoms with E-state index < -0.39 is 0 Å². The smallest absolute Gasteiger partial charge is 0.192 e. The molecule has 0 saturated heterocycles. The molecule has 0 bridgehead atoms. The molecule has 1 aromatic heterocycles. The maximum atomic E-state index is 6.26. The van der Waals surface area contributed by atoms with Crippen LogP contribution >= 0.6 is 35.0 Å². The summed E-state index contributed by atoms with van der Waals surface area (Å²) in [5.41, 5.74) is 1.85. The summed E-state index contributed by atoms with van der Waals surface area (Å²) in [4.78, 5) is 0. The Morgan fingerprint density at radius 2 is 1.81 bits per heavy atom. The zero-order valence-corrected chi connectivity index (χ0v) is 16.5. The Morgan fingerprint density at radius 3 is 2.42 bits per heavy atom. The molecule has 7 heteroatoms. The molecule has 0 radical (unpaired) electrons. The van der Waals surface area contributed by atoms with E-state index in [1.54, 1.807) is 7.11 Å². The number of thioether (sulfide) groups is 1. The molecule has 2 aromatic carbocycles. The van der Waals surface area contributed by atoms with Crippen molar-refractivity contribution in [3.8, 4) is 17.1 Å². The molecule has 0 saturated carbocycles. The third-order valence-electron chi connectivity index (χ3n) is 3.78. The monoisotopic (exact) mass is 405 g/mol. The summed E-state index contributed by atoms with van der Waals surface area (Å²) in [6.07, 6.45) is 1.82. The maximum Gasteiger partial charge on any atom is 0.192 e. The van der Waals surface area contributed by atoms with E-state index in [4.69, 9.17) is 27.9 Å². The molecular formula is C19H17Cl2N3OS. The van der Waals surface area contributed by atoms with Crippen LogP contribution in [0.25, 0.3) is 11.4 Å². The van der Waals surface area contributed by atoms with Crippen molar-refractivity contribution in [2.24, 2.45) is 0 Å². The number of benzene rings is 2. The van der Waals surface area contributed by atoms with Gasteiger partial charge in [0.15, 0.2) is 11.0 Å². The van der Waals surface area contributed by atoms with Crippen LogP contribution in [0.1, 0.15) is 5.56 Å². The molecule has 0 fully saturated rings. The zero-order valence-electron chi connectivity index (χ0n) is 14.2. The molecule has 0 aliphatic rings. The molecule has 3 rings (SSSR count). The van der Waals surface area contributed by atoms with E-state index in [-0.39, 0.29) is 0 Å². The minimum Gasteiger partial charge on any atom is -0.497 e. The van der Waals surface area contributed by atoms with Crippen LogP contribution in [0.15, 0.2) is 60.3 Å². The Balaban J connectivity index is 1.88. The number of hydrogen-bond acceptors (Lipinski definition) is 4. The molecule has 134 valence electrons. The topological polar surface area (TPSA) is 39.9 Å². The van der Waals surface area contributed by atoms with E-state index in [1.807, 2.05) is 53.1 Å². The van der Waals surface area contributed by atoms with Crippen LogP contribution in [0.3, 0.4) is 0 Å². The van der Waals surface area contributed by atoms with Gasteiger partial charge in [0.05, 0.1) is 7.11 Å². The highest BCUT2D eigenvalue weighted by Crippen LogP contribution is 2.32. The molecule has 0 aliphatic heterocycles. The summed E-state index contributed by atoms with van der Waals surface area (Å²) in [6.45, 7) is 4.44. The fourth-order valence-corrected chi connectivity index (χ4v) is 4.14. The number of hydrogen-bond donors (Lipinski definition) is 0. The van der Waals surface area contributed by atoms with E-state index in [0.717, 1.165) is 27.9 Å². The third kappa shape index (κ3) is 4.06.